The minimum atomic E-state index is -0.00857. The van der Waals surface area contributed by atoms with Crippen molar-refractivity contribution in [1.29, 1.82) is 0 Å². The zero-order valence-corrected chi connectivity index (χ0v) is 13.9. The maximum atomic E-state index is 11.5. The minimum Gasteiger partial charge on any atom is -0.466 e. The Hall–Kier alpha value is -0.570. The molecule has 0 saturated heterocycles. The number of ether oxygens (including phenoxy) is 1. The van der Waals surface area contributed by atoms with Gasteiger partial charge < -0.3 is 9.64 Å². The molecule has 1 aliphatic rings. The van der Waals surface area contributed by atoms with Crippen molar-refractivity contribution in [3.05, 3.63) is 0 Å². The summed E-state index contributed by atoms with van der Waals surface area (Å²) in [5.74, 6) is 1.37. The van der Waals surface area contributed by atoms with E-state index in [2.05, 4.69) is 25.7 Å². The highest BCUT2D eigenvalue weighted by Gasteiger charge is 2.25. The maximum Gasteiger partial charge on any atom is 0.306 e. The summed E-state index contributed by atoms with van der Waals surface area (Å²) in [6, 6.07) is 0.646. The number of carbonyl (C=O) groups is 1. The Labute approximate surface area is 125 Å². The molecule has 3 heteroatoms. The van der Waals surface area contributed by atoms with Crippen LogP contribution in [-0.4, -0.2) is 36.6 Å². The number of hydrogen-bond acceptors (Lipinski definition) is 3. The van der Waals surface area contributed by atoms with E-state index in [-0.39, 0.29) is 5.97 Å². The molecule has 1 fully saturated rings. The lowest BCUT2D eigenvalue weighted by atomic mass is 9.80. The number of esters is 1. The van der Waals surface area contributed by atoms with Crippen LogP contribution in [0.25, 0.3) is 0 Å². The van der Waals surface area contributed by atoms with E-state index in [0.717, 1.165) is 5.92 Å². The standard InChI is InChI=1S/C17H33NO2/c1-5-11-18(14(3)4)13-16-9-7-15(8-10-16)12-17(19)20-6-2/h14-16H,5-13H2,1-4H3. The molecule has 0 spiro atoms. The highest BCUT2D eigenvalue weighted by Crippen LogP contribution is 2.31. The molecule has 20 heavy (non-hydrogen) atoms. The Morgan fingerprint density at radius 3 is 2.25 bits per heavy atom. The van der Waals surface area contributed by atoms with Gasteiger partial charge in [0, 0.05) is 19.0 Å². The quantitative estimate of drug-likeness (QED) is 0.633. The van der Waals surface area contributed by atoms with Crippen molar-refractivity contribution < 1.29 is 9.53 Å². The molecule has 0 aromatic carbocycles. The average Bonchev–Trinajstić information content (AvgIpc) is 2.40. The molecular formula is C17H33NO2. The van der Waals surface area contributed by atoms with E-state index in [0.29, 0.717) is 25.0 Å². The fraction of sp³-hybridized carbons (Fsp3) is 0.941. The van der Waals surface area contributed by atoms with Crippen molar-refractivity contribution in [2.75, 3.05) is 19.7 Å². The van der Waals surface area contributed by atoms with Crippen LogP contribution < -0.4 is 0 Å². The van der Waals surface area contributed by atoms with Gasteiger partial charge in [0.1, 0.15) is 0 Å². The van der Waals surface area contributed by atoms with Crippen molar-refractivity contribution in [2.24, 2.45) is 11.8 Å². The molecule has 1 saturated carbocycles. The summed E-state index contributed by atoms with van der Waals surface area (Å²) in [7, 11) is 0. The molecule has 1 aliphatic carbocycles. The zero-order chi connectivity index (χ0) is 15.0. The molecule has 0 aromatic rings. The lowest BCUT2D eigenvalue weighted by Gasteiger charge is -2.34. The molecule has 0 bridgehead atoms. The summed E-state index contributed by atoms with van der Waals surface area (Å²) in [6.45, 7) is 11.7. The predicted octanol–water partition coefficient (Wildman–Crippen LogP) is 3.87. The second-order valence-corrected chi connectivity index (χ2v) is 6.48. The van der Waals surface area contributed by atoms with E-state index in [1.165, 1.54) is 45.2 Å². The van der Waals surface area contributed by atoms with Crippen LogP contribution in [-0.2, 0) is 9.53 Å². The Morgan fingerprint density at radius 2 is 1.75 bits per heavy atom. The highest BCUT2D eigenvalue weighted by atomic mass is 16.5. The van der Waals surface area contributed by atoms with Crippen LogP contribution in [0, 0.1) is 11.8 Å². The monoisotopic (exact) mass is 283 g/mol. The van der Waals surface area contributed by atoms with E-state index < -0.39 is 0 Å². The van der Waals surface area contributed by atoms with Gasteiger partial charge in [-0.2, -0.15) is 0 Å². The molecular weight excluding hydrogens is 250 g/mol. The van der Waals surface area contributed by atoms with Gasteiger partial charge in [0.05, 0.1) is 6.61 Å². The normalized spacial score (nSPS) is 23.3. The van der Waals surface area contributed by atoms with E-state index in [4.69, 9.17) is 4.74 Å². The molecule has 0 aromatic heterocycles. The van der Waals surface area contributed by atoms with E-state index in [9.17, 15) is 4.79 Å². The Kier molecular flexibility index (Phi) is 8.20. The van der Waals surface area contributed by atoms with Gasteiger partial charge in [-0.25, -0.2) is 0 Å². The fourth-order valence-corrected chi connectivity index (χ4v) is 3.25. The van der Waals surface area contributed by atoms with Crippen molar-refractivity contribution in [2.45, 2.75) is 72.3 Å². The molecule has 1 rings (SSSR count). The van der Waals surface area contributed by atoms with Gasteiger partial charge in [-0.3, -0.25) is 4.79 Å². The average molecular weight is 283 g/mol. The van der Waals surface area contributed by atoms with Crippen LogP contribution in [0.2, 0.25) is 0 Å². The Morgan fingerprint density at radius 1 is 1.15 bits per heavy atom. The number of carbonyl (C=O) groups excluding carboxylic acids is 1. The van der Waals surface area contributed by atoms with Gasteiger partial charge in [-0.15, -0.1) is 0 Å². The molecule has 0 aliphatic heterocycles. The third-order valence-corrected chi connectivity index (χ3v) is 4.46. The fourth-order valence-electron chi connectivity index (χ4n) is 3.25. The van der Waals surface area contributed by atoms with Crippen molar-refractivity contribution in [3.8, 4) is 0 Å². The SMILES string of the molecule is CCCN(CC1CCC(CC(=O)OCC)CC1)C(C)C. The summed E-state index contributed by atoms with van der Waals surface area (Å²) in [5, 5.41) is 0. The first-order valence-corrected chi connectivity index (χ1v) is 8.46. The van der Waals surface area contributed by atoms with Crippen molar-refractivity contribution in [1.82, 2.24) is 4.90 Å². The molecule has 0 amide bonds. The lowest BCUT2D eigenvalue weighted by molar-refractivity contribution is -0.144. The van der Waals surface area contributed by atoms with Gasteiger partial charge in [-0.1, -0.05) is 6.92 Å². The van der Waals surface area contributed by atoms with Crippen LogP contribution in [0.5, 0.6) is 0 Å². The highest BCUT2D eigenvalue weighted by molar-refractivity contribution is 5.69. The number of rotatable bonds is 8. The summed E-state index contributed by atoms with van der Waals surface area (Å²) in [4.78, 5) is 14.1. The summed E-state index contributed by atoms with van der Waals surface area (Å²) in [5.41, 5.74) is 0. The van der Waals surface area contributed by atoms with Crippen molar-refractivity contribution >= 4 is 5.97 Å². The van der Waals surface area contributed by atoms with Crippen LogP contribution in [0.15, 0.2) is 0 Å². The third-order valence-electron chi connectivity index (χ3n) is 4.46. The zero-order valence-electron chi connectivity index (χ0n) is 13.9. The lowest BCUT2D eigenvalue weighted by Crippen LogP contribution is -2.37. The van der Waals surface area contributed by atoms with Gasteiger partial charge in [0.25, 0.3) is 0 Å². The van der Waals surface area contributed by atoms with Crippen molar-refractivity contribution in [3.63, 3.8) is 0 Å². The first-order valence-electron chi connectivity index (χ1n) is 8.46. The number of nitrogens with zero attached hydrogens (tertiary/aromatic N) is 1. The molecule has 118 valence electrons. The molecule has 0 unspecified atom stereocenters. The van der Waals surface area contributed by atoms with Crippen LogP contribution in [0.1, 0.15) is 66.2 Å². The largest absolute Gasteiger partial charge is 0.466 e. The number of hydrogen-bond donors (Lipinski definition) is 0. The second kappa shape index (κ2) is 9.38. The Balaban J connectivity index is 2.29. The molecule has 0 heterocycles. The molecule has 0 N–H and O–H groups in total. The first kappa shape index (κ1) is 17.5. The van der Waals surface area contributed by atoms with Gasteiger partial charge in [-0.05, 0) is 71.3 Å². The summed E-state index contributed by atoms with van der Waals surface area (Å²) < 4.78 is 5.05. The summed E-state index contributed by atoms with van der Waals surface area (Å²) >= 11 is 0. The van der Waals surface area contributed by atoms with Crippen LogP contribution in [0.4, 0.5) is 0 Å². The van der Waals surface area contributed by atoms with E-state index in [1.807, 2.05) is 6.92 Å². The smallest absolute Gasteiger partial charge is 0.306 e. The predicted molar refractivity (Wildman–Crippen MR) is 83.7 cm³/mol. The molecule has 0 radical (unpaired) electrons. The molecule has 3 nitrogen and oxygen atoms in total. The Bertz CT molecular complexity index is 270. The topological polar surface area (TPSA) is 29.5 Å². The van der Waals surface area contributed by atoms with Gasteiger partial charge >= 0.3 is 5.97 Å². The van der Waals surface area contributed by atoms with E-state index >= 15 is 0 Å². The maximum absolute atomic E-state index is 11.5. The molecule has 0 atom stereocenters. The third kappa shape index (κ3) is 6.25. The second-order valence-electron chi connectivity index (χ2n) is 6.48. The van der Waals surface area contributed by atoms with E-state index in [1.54, 1.807) is 0 Å². The van der Waals surface area contributed by atoms with Crippen LogP contribution >= 0.6 is 0 Å². The van der Waals surface area contributed by atoms with Gasteiger partial charge in [0.2, 0.25) is 0 Å². The van der Waals surface area contributed by atoms with Gasteiger partial charge in [0.15, 0.2) is 0 Å². The van der Waals surface area contributed by atoms with Crippen LogP contribution in [0.3, 0.4) is 0 Å². The first-order chi connectivity index (χ1) is 9.56. The summed E-state index contributed by atoms with van der Waals surface area (Å²) in [6.07, 6.45) is 6.80. The minimum absolute atomic E-state index is 0.00857.